The van der Waals surface area contributed by atoms with Crippen molar-refractivity contribution in [1.29, 1.82) is 0 Å². The zero-order valence-electron chi connectivity index (χ0n) is 19.7. The van der Waals surface area contributed by atoms with Crippen LogP contribution >= 0.6 is 0 Å². The standard InChI is InChI=1S/C11H8O2.3C6H11.Sn/c12-11(13)10-6-5-8-3-1-2-4-9(8)7-10;3*1-2-4-6-5-3-1;/h1-7H,(H,12,13);3*1H,2-6H2;/q;;;;+1/p-1. The second-order valence-corrected chi connectivity index (χ2v) is 23.3. The van der Waals surface area contributed by atoms with Gasteiger partial charge >= 0.3 is 200 Å². The zero-order valence-corrected chi connectivity index (χ0v) is 22.6. The first-order chi connectivity index (χ1) is 15.8. The van der Waals surface area contributed by atoms with E-state index in [1.165, 1.54) is 102 Å². The van der Waals surface area contributed by atoms with Gasteiger partial charge in [0.2, 0.25) is 0 Å². The molecule has 0 spiro atoms. The van der Waals surface area contributed by atoms with Gasteiger partial charge in [-0.05, 0) is 0 Å². The molecule has 32 heavy (non-hydrogen) atoms. The Kier molecular flexibility index (Phi) is 7.45. The molecule has 3 saturated carbocycles. The van der Waals surface area contributed by atoms with E-state index >= 15 is 0 Å². The third-order valence-electron chi connectivity index (χ3n) is 8.98. The molecule has 0 atom stereocenters. The maximum absolute atomic E-state index is 13.9. The monoisotopic (exact) mass is 540 g/mol. The number of carbonyl (C=O) groups is 1. The zero-order chi connectivity index (χ0) is 21.8. The van der Waals surface area contributed by atoms with Crippen molar-refractivity contribution < 1.29 is 7.87 Å². The van der Waals surface area contributed by atoms with Crippen molar-refractivity contribution >= 4 is 35.5 Å². The van der Waals surface area contributed by atoms with Crippen molar-refractivity contribution in [2.24, 2.45) is 0 Å². The van der Waals surface area contributed by atoms with Crippen LogP contribution in [0.2, 0.25) is 11.8 Å². The Morgan fingerprint density at radius 1 is 0.625 bits per heavy atom. The van der Waals surface area contributed by atoms with Gasteiger partial charge in [-0.15, -0.1) is 0 Å². The third-order valence-corrected chi connectivity index (χ3v) is 26.4. The second kappa shape index (κ2) is 10.5. The minimum absolute atomic E-state index is 0.0215. The number of benzene rings is 2. The Hall–Kier alpha value is -1.03. The molecule has 0 N–H and O–H groups in total. The number of hydrogen-bond acceptors (Lipinski definition) is 2. The van der Waals surface area contributed by atoms with Gasteiger partial charge in [0.05, 0.1) is 0 Å². The minimum atomic E-state index is -3.28. The molecule has 0 aliphatic heterocycles. The predicted molar refractivity (Wildman–Crippen MR) is 136 cm³/mol. The average molecular weight is 539 g/mol. The third kappa shape index (κ3) is 4.63. The number of hydrogen-bond donors (Lipinski definition) is 0. The molecule has 0 heterocycles. The van der Waals surface area contributed by atoms with Gasteiger partial charge in [0, 0.05) is 0 Å². The first-order valence-corrected chi connectivity index (χ1v) is 19.6. The summed E-state index contributed by atoms with van der Waals surface area (Å²) in [6.45, 7) is 0. The predicted octanol–water partition coefficient (Wildman–Crippen LogP) is 8.95. The van der Waals surface area contributed by atoms with Crippen LogP contribution in [0.25, 0.3) is 10.8 Å². The Labute approximate surface area is 198 Å². The van der Waals surface area contributed by atoms with E-state index in [1.807, 2.05) is 6.07 Å². The molecular weight excluding hydrogens is 499 g/mol. The van der Waals surface area contributed by atoms with Crippen LogP contribution in [0.5, 0.6) is 0 Å². The summed E-state index contributed by atoms with van der Waals surface area (Å²) in [6, 6.07) is 14.6. The summed E-state index contributed by atoms with van der Waals surface area (Å²) < 4.78 is 9.44. The second-order valence-electron chi connectivity index (χ2n) is 10.8. The van der Waals surface area contributed by atoms with Crippen LogP contribution in [0, 0.1) is 0 Å². The molecule has 5 rings (SSSR count). The molecule has 3 aliphatic rings. The van der Waals surface area contributed by atoms with E-state index in [9.17, 15) is 4.79 Å². The van der Waals surface area contributed by atoms with E-state index in [4.69, 9.17) is 3.07 Å². The van der Waals surface area contributed by atoms with Gasteiger partial charge in [-0.3, -0.25) is 0 Å². The molecule has 2 aromatic rings. The van der Waals surface area contributed by atoms with Crippen molar-refractivity contribution in [3.05, 3.63) is 48.0 Å². The van der Waals surface area contributed by atoms with Gasteiger partial charge in [0.1, 0.15) is 0 Å². The van der Waals surface area contributed by atoms with Gasteiger partial charge < -0.3 is 0 Å². The van der Waals surface area contributed by atoms with Gasteiger partial charge in [-0.25, -0.2) is 0 Å². The summed E-state index contributed by atoms with van der Waals surface area (Å²) in [4.78, 5) is 13.9. The molecule has 2 aromatic carbocycles. The molecule has 0 radical (unpaired) electrons. The summed E-state index contributed by atoms with van der Waals surface area (Å²) in [5, 5.41) is 2.35. The molecule has 0 amide bonds. The van der Waals surface area contributed by atoms with Gasteiger partial charge in [0.15, 0.2) is 0 Å². The number of carbonyl (C=O) groups excluding carboxylic acids is 1. The first kappa shape index (κ1) is 22.7. The molecule has 0 saturated heterocycles. The molecule has 3 heteroatoms. The molecule has 2 nitrogen and oxygen atoms in total. The van der Waals surface area contributed by atoms with Crippen LogP contribution in [-0.2, 0) is 3.07 Å². The fourth-order valence-corrected chi connectivity index (χ4v) is 27.1. The normalized spacial score (nSPS) is 22.1. The van der Waals surface area contributed by atoms with Crippen molar-refractivity contribution in [1.82, 2.24) is 0 Å². The summed E-state index contributed by atoms with van der Waals surface area (Å²) >= 11 is -3.28. The van der Waals surface area contributed by atoms with E-state index in [-0.39, 0.29) is 5.97 Å². The molecular formula is C29H40O2Sn. The van der Waals surface area contributed by atoms with Crippen LogP contribution in [0.15, 0.2) is 42.5 Å². The van der Waals surface area contributed by atoms with Crippen LogP contribution in [-0.4, -0.2) is 24.8 Å². The van der Waals surface area contributed by atoms with E-state index < -0.39 is 18.8 Å². The van der Waals surface area contributed by atoms with Crippen molar-refractivity contribution in [3.63, 3.8) is 0 Å². The van der Waals surface area contributed by atoms with Crippen LogP contribution in [0.4, 0.5) is 0 Å². The van der Waals surface area contributed by atoms with Gasteiger partial charge in [-0.2, -0.15) is 0 Å². The van der Waals surface area contributed by atoms with E-state index in [0.717, 1.165) is 22.8 Å². The Bertz CT molecular complexity index is 859. The Balaban J connectivity index is 1.52. The van der Waals surface area contributed by atoms with E-state index in [2.05, 4.69) is 36.4 Å². The van der Waals surface area contributed by atoms with E-state index in [1.54, 1.807) is 0 Å². The number of rotatable bonds is 5. The van der Waals surface area contributed by atoms with Crippen LogP contribution in [0.3, 0.4) is 0 Å². The summed E-state index contributed by atoms with van der Waals surface area (Å²) in [5.74, 6) is 0.0215. The summed E-state index contributed by atoms with van der Waals surface area (Å²) in [6.07, 6.45) is 20.3. The van der Waals surface area contributed by atoms with Crippen LogP contribution in [0.1, 0.15) is 107 Å². The maximum atomic E-state index is 13.9. The summed E-state index contributed by atoms with van der Waals surface area (Å²) in [5.41, 5.74) is 0.784. The molecule has 3 fully saturated rings. The number of fused-ring (bicyclic) bond motifs is 1. The topological polar surface area (TPSA) is 26.3 Å². The van der Waals surface area contributed by atoms with Crippen LogP contribution < -0.4 is 0 Å². The van der Waals surface area contributed by atoms with Crippen molar-refractivity contribution in [3.8, 4) is 0 Å². The molecule has 0 bridgehead atoms. The molecule has 0 unspecified atom stereocenters. The Morgan fingerprint density at radius 3 is 1.59 bits per heavy atom. The molecule has 172 valence electrons. The van der Waals surface area contributed by atoms with Crippen molar-refractivity contribution in [2.75, 3.05) is 0 Å². The average Bonchev–Trinajstić information content (AvgIpc) is 2.88. The fraction of sp³-hybridized carbons (Fsp3) is 0.621. The molecule has 0 aromatic heterocycles. The molecule has 3 aliphatic carbocycles. The Morgan fingerprint density at radius 2 is 1.09 bits per heavy atom. The quantitative estimate of drug-likeness (QED) is 0.355. The van der Waals surface area contributed by atoms with Crippen molar-refractivity contribution in [2.45, 2.75) is 108 Å². The van der Waals surface area contributed by atoms with E-state index in [0.29, 0.717) is 0 Å². The fourth-order valence-electron chi connectivity index (χ4n) is 7.45. The summed E-state index contributed by atoms with van der Waals surface area (Å²) in [7, 11) is 0. The van der Waals surface area contributed by atoms with Gasteiger partial charge in [0.25, 0.3) is 0 Å². The first-order valence-electron chi connectivity index (χ1n) is 13.5. The van der Waals surface area contributed by atoms with Gasteiger partial charge in [-0.1, -0.05) is 0 Å². The SMILES string of the molecule is O=C([O][Sn]([CH]1CCCCC1)([CH]1CCCCC1)[CH]1CCCCC1)c1ccc2ccccc2c1.